The molecule has 5 heteroatoms. The summed E-state index contributed by atoms with van der Waals surface area (Å²) in [5.41, 5.74) is -0.384. The summed E-state index contributed by atoms with van der Waals surface area (Å²) in [5, 5.41) is 0.278. The maximum absolute atomic E-state index is 13.5. The topological polar surface area (TPSA) is 26.3 Å². The number of rotatable bonds is 4. The smallest absolute Gasteiger partial charge is 0.330 e. The van der Waals surface area contributed by atoms with Gasteiger partial charge in [-0.3, -0.25) is 4.79 Å². The average molecular weight is 261 g/mol. The lowest BCUT2D eigenvalue weighted by molar-refractivity contribution is -0.141. The van der Waals surface area contributed by atoms with E-state index in [2.05, 4.69) is 0 Å². The lowest BCUT2D eigenvalue weighted by Gasteiger charge is -2.15. The van der Waals surface area contributed by atoms with Crippen LogP contribution < -0.4 is 4.74 Å². The Morgan fingerprint density at radius 2 is 2.12 bits per heavy atom. The molecule has 0 N–H and O–H groups in total. The molecule has 92 valence electrons. The molecule has 1 fully saturated rings. The van der Waals surface area contributed by atoms with Gasteiger partial charge in [0.15, 0.2) is 0 Å². The van der Waals surface area contributed by atoms with E-state index < -0.39 is 11.7 Å². The highest BCUT2D eigenvalue weighted by molar-refractivity contribution is 6.32. The number of Topliss-reactive ketones (excluding diaryl/α,β-unsaturated/α-hetero) is 1. The molecule has 0 aromatic heterocycles. The third-order valence-corrected chi connectivity index (χ3v) is 2.87. The van der Waals surface area contributed by atoms with Crippen molar-refractivity contribution >= 4 is 17.4 Å². The summed E-state index contributed by atoms with van der Waals surface area (Å²) in [5.74, 6) is -4.48. The van der Waals surface area contributed by atoms with Crippen LogP contribution in [-0.2, 0) is 10.7 Å². The molecule has 0 atom stereocenters. The Kier molecular flexibility index (Phi) is 3.08. The molecule has 2 rings (SSSR count). The first-order valence-electron chi connectivity index (χ1n) is 5.27. The molecular formula is C12H11ClF2O2. The summed E-state index contributed by atoms with van der Waals surface area (Å²) in [6.45, 7) is 0.857. The van der Waals surface area contributed by atoms with Crippen molar-refractivity contribution in [1.82, 2.24) is 0 Å². The van der Waals surface area contributed by atoms with E-state index >= 15 is 0 Å². The van der Waals surface area contributed by atoms with E-state index in [1.807, 2.05) is 0 Å². The minimum Gasteiger partial charge on any atom is -0.489 e. The number of ether oxygens (including phenoxy) is 1. The molecule has 0 bridgehead atoms. The molecule has 0 aliphatic heterocycles. The van der Waals surface area contributed by atoms with Crippen LogP contribution >= 0.6 is 11.6 Å². The monoisotopic (exact) mass is 260 g/mol. The second-order valence-corrected chi connectivity index (χ2v) is 4.50. The summed E-state index contributed by atoms with van der Waals surface area (Å²) in [7, 11) is 0. The van der Waals surface area contributed by atoms with Crippen LogP contribution in [0.4, 0.5) is 8.78 Å². The Morgan fingerprint density at radius 1 is 1.47 bits per heavy atom. The van der Waals surface area contributed by atoms with Gasteiger partial charge < -0.3 is 4.74 Å². The van der Waals surface area contributed by atoms with Crippen LogP contribution in [0.1, 0.15) is 25.3 Å². The normalized spacial score (nSPS) is 15.8. The minimum atomic E-state index is -3.49. The molecule has 1 aromatic rings. The van der Waals surface area contributed by atoms with E-state index in [-0.39, 0.29) is 22.4 Å². The second kappa shape index (κ2) is 4.26. The SMILES string of the molecule is CC(=O)C(F)(F)c1ccc(Cl)c(OC2CC2)c1. The van der Waals surface area contributed by atoms with Crippen LogP contribution in [0.5, 0.6) is 5.75 Å². The van der Waals surface area contributed by atoms with Gasteiger partial charge in [-0.15, -0.1) is 0 Å². The van der Waals surface area contributed by atoms with Gasteiger partial charge >= 0.3 is 5.92 Å². The maximum Gasteiger partial charge on any atom is 0.330 e. The number of benzene rings is 1. The average Bonchev–Trinajstić information content (AvgIpc) is 3.04. The summed E-state index contributed by atoms with van der Waals surface area (Å²) in [6, 6.07) is 3.61. The van der Waals surface area contributed by atoms with E-state index in [1.54, 1.807) is 0 Å². The van der Waals surface area contributed by atoms with Gasteiger partial charge in [0, 0.05) is 12.5 Å². The van der Waals surface area contributed by atoms with Gasteiger partial charge in [-0.05, 0) is 25.0 Å². The second-order valence-electron chi connectivity index (χ2n) is 4.09. The fourth-order valence-electron chi connectivity index (χ4n) is 1.36. The van der Waals surface area contributed by atoms with Crippen molar-refractivity contribution in [3.63, 3.8) is 0 Å². The molecule has 0 saturated heterocycles. The predicted molar refractivity (Wildman–Crippen MR) is 59.7 cm³/mol. The first-order chi connectivity index (χ1) is 7.91. The van der Waals surface area contributed by atoms with Crippen LogP contribution in [0.25, 0.3) is 0 Å². The summed E-state index contributed by atoms with van der Waals surface area (Å²) in [4.78, 5) is 10.9. The summed E-state index contributed by atoms with van der Waals surface area (Å²) in [6.07, 6.45) is 1.88. The molecule has 0 heterocycles. The predicted octanol–water partition coefficient (Wildman–Crippen LogP) is 3.56. The van der Waals surface area contributed by atoms with E-state index in [0.717, 1.165) is 31.9 Å². The number of carbonyl (C=O) groups excluding carboxylic acids is 1. The van der Waals surface area contributed by atoms with Gasteiger partial charge in [-0.1, -0.05) is 17.7 Å². The van der Waals surface area contributed by atoms with Crippen molar-refractivity contribution in [2.24, 2.45) is 0 Å². The zero-order chi connectivity index (χ0) is 12.6. The largest absolute Gasteiger partial charge is 0.489 e. The fourth-order valence-corrected chi connectivity index (χ4v) is 1.52. The molecule has 0 unspecified atom stereocenters. The third-order valence-electron chi connectivity index (χ3n) is 2.55. The van der Waals surface area contributed by atoms with Crippen LogP contribution in [0.3, 0.4) is 0 Å². The number of halogens is 3. The third kappa shape index (κ3) is 2.57. The molecule has 0 radical (unpaired) electrons. The molecule has 2 nitrogen and oxygen atoms in total. The van der Waals surface area contributed by atoms with Gasteiger partial charge in [0.1, 0.15) is 5.75 Å². The number of hydrogen-bond acceptors (Lipinski definition) is 2. The summed E-state index contributed by atoms with van der Waals surface area (Å²) >= 11 is 5.84. The lowest BCUT2D eigenvalue weighted by Crippen LogP contribution is -2.23. The maximum atomic E-state index is 13.5. The quantitative estimate of drug-likeness (QED) is 0.827. The van der Waals surface area contributed by atoms with E-state index in [0.29, 0.717) is 0 Å². The molecule has 1 aliphatic rings. The highest BCUT2D eigenvalue weighted by atomic mass is 35.5. The van der Waals surface area contributed by atoms with E-state index in [9.17, 15) is 13.6 Å². The molecule has 1 aromatic carbocycles. The van der Waals surface area contributed by atoms with Gasteiger partial charge in [0.2, 0.25) is 5.78 Å². The van der Waals surface area contributed by atoms with Crippen molar-refractivity contribution in [3.8, 4) is 5.75 Å². The number of hydrogen-bond donors (Lipinski definition) is 0. The minimum absolute atomic E-state index is 0.0636. The van der Waals surface area contributed by atoms with Gasteiger partial charge in [0.05, 0.1) is 11.1 Å². The molecule has 0 spiro atoms. The first-order valence-corrected chi connectivity index (χ1v) is 5.64. The highest BCUT2D eigenvalue weighted by Gasteiger charge is 2.38. The van der Waals surface area contributed by atoms with Crippen LogP contribution in [0, 0.1) is 0 Å². The Morgan fingerprint density at radius 3 is 2.65 bits per heavy atom. The molecule has 1 saturated carbocycles. The summed E-state index contributed by atoms with van der Waals surface area (Å²) < 4.78 is 32.4. The van der Waals surface area contributed by atoms with Crippen molar-refractivity contribution in [2.75, 3.05) is 0 Å². The van der Waals surface area contributed by atoms with Crippen LogP contribution in [0.2, 0.25) is 5.02 Å². The van der Waals surface area contributed by atoms with Crippen LogP contribution in [0.15, 0.2) is 18.2 Å². The van der Waals surface area contributed by atoms with Crippen molar-refractivity contribution in [2.45, 2.75) is 31.8 Å². The Bertz CT molecular complexity index is 456. The molecular weight excluding hydrogens is 250 g/mol. The molecule has 17 heavy (non-hydrogen) atoms. The Labute approximate surface area is 103 Å². The Balaban J connectivity index is 2.32. The number of alkyl halides is 2. The van der Waals surface area contributed by atoms with Crippen molar-refractivity contribution in [3.05, 3.63) is 28.8 Å². The number of carbonyl (C=O) groups is 1. The van der Waals surface area contributed by atoms with Gasteiger partial charge in [-0.25, -0.2) is 0 Å². The van der Waals surface area contributed by atoms with Gasteiger partial charge in [0.25, 0.3) is 0 Å². The number of ketones is 1. The highest BCUT2D eigenvalue weighted by Crippen LogP contribution is 2.37. The fraction of sp³-hybridized carbons (Fsp3) is 0.417. The van der Waals surface area contributed by atoms with Crippen molar-refractivity contribution in [1.29, 1.82) is 0 Å². The van der Waals surface area contributed by atoms with E-state index in [1.165, 1.54) is 6.07 Å². The molecule has 1 aliphatic carbocycles. The lowest BCUT2D eigenvalue weighted by atomic mass is 10.1. The van der Waals surface area contributed by atoms with Gasteiger partial charge in [-0.2, -0.15) is 8.78 Å². The van der Waals surface area contributed by atoms with E-state index in [4.69, 9.17) is 16.3 Å². The zero-order valence-corrected chi connectivity index (χ0v) is 9.93. The zero-order valence-electron chi connectivity index (χ0n) is 9.17. The Hall–Kier alpha value is -1.16. The molecule has 0 amide bonds. The van der Waals surface area contributed by atoms with Crippen LogP contribution in [-0.4, -0.2) is 11.9 Å². The van der Waals surface area contributed by atoms with Crippen molar-refractivity contribution < 1.29 is 18.3 Å². The first kappa shape index (κ1) is 12.3. The standard InChI is InChI=1S/C12H11ClF2O2/c1-7(16)12(14,15)8-2-5-10(13)11(6-8)17-9-3-4-9/h2,5-6,9H,3-4H2,1H3.